The first-order valence-electron chi connectivity index (χ1n) is 6.55. The Labute approximate surface area is 107 Å². The van der Waals surface area contributed by atoms with Crippen molar-refractivity contribution in [3.05, 3.63) is 29.6 Å². The molecule has 18 heavy (non-hydrogen) atoms. The highest BCUT2D eigenvalue weighted by molar-refractivity contribution is 5.99. The van der Waals surface area contributed by atoms with Crippen LogP contribution < -0.4 is 5.32 Å². The van der Waals surface area contributed by atoms with E-state index >= 15 is 0 Å². The molecule has 2 rings (SSSR count). The van der Waals surface area contributed by atoms with Crippen LogP contribution in [-0.2, 0) is 0 Å². The molecule has 1 aromatic carbocycles. The highest BCUT2D eigenvalue weighted by Crippen LogP contribution is 2.22. The maximum absolute atomic E-state index is 13.7. The van der Waals surface area contributed by atoms with Crippen molar-refractivity contribution in [1.29, 1.82) is 0 Å². The zero-order valence-corrected chi connectivity index (χ0v) is 10.7. The van der Waals surface area contributed by atoms with Crippen LogP contribution in [0.2, 0.25) is 0 Å². The molecule has 1 aromatic rings. The highest BCUT2D eigenvalue weighted by atomic mass is 19.1. The lowest BCUT2D eigenvalue weighted by Gasteiger charge is -2.27. The normalized spacial score (nSPS) is 15.6. The minimum atomic E-state index is -0.361. The minimum absolute atomic E-state index is 0.0647. The van der Waals surface area contributed by atoms with Crippen molar-refractivity contribution < 1.29 is 9.18 Å². The third-order valence-electron chi connectivity index (χ3n) is 3.24. The summed E-state index contributed by atoms with van der Waals surface area (Å²) in [6, 6.07) is 4.66. The Kier molecular flexibility index (Phi) is 4.18. The van der Waals surface area contributed by atoms with Gasteiger partial charge in [-0.1, -0.05) is 6.07 Å². The average Bonchev–Trinajstić information content (AvgIpc) is 2.41. The monoisotopic (exact) mass is 250 g/mol. The van der Waals surface area contributed by atoms with Gasteiger partial charge in [0, 0.05) is 19.6 Å². The summed E-state index contributed by atoms with van der Waals surface area (Å²) < 4.78 is 13.7. The Morgan fingerprint density at radius 1 is 1.33 bits per heavy atom. The SMILES string of the molecule is CCNc1c(F)cccc1C(=O)N1CCCCC1. The van der Waals surface area contributed by atoms with E-state index in [1.54, 1.807) is 12.1 Å². The van der Waals surface area contributed by atoms with Crippen molar-refractivity contribution in [1.82, 2.24) is 4.90 Å². The van der Waals surface area contributed by atoms with Crippen LogP contribution in [0, 0.1) is 5.82 Å². The van der Waals surface area contributed by atoms with Gasteiger partial charge in [0.15, 0.2) is 0 Å². The Morgan fingerprint density at radius 3 is 2.72 bits per heavy atom. The number of amides is 1. The molecular formula is C14H19FN2O. The van der Waals surface area contributed by atoms with Gasteiger partial charge < -0.3 is 10.2 Å². The summed E-state index contributed by atoms with van der Waals surface area (Å²) in [5.41, 5.74) is 0.773. The van der Waals surface area contributed by atoms with Crippen LogP contribution in [-0.4, -0.2) is 30.4 Å². The van der Waals surface area contributed by atoms with Crippen LogP contribution in [0.5, 0.6) is 0 Å². The second kappa shape index (κ2) is 5.85. The van der Waals surface area contributed by atoms with Crippen molar-refractivity contribution in [2.45, 2.75) is 26.2 Å². The van der Waals surface area contributed by atoms with Crippen molar-refractivity contribution in [3.63, 3.8) is 0 Å². The molecule has 0 atom stereocenters. The van der Waals surface area contributed by atoms with E-state index in [2.05, 4.69) is 5.32 Å². The summed E-state index contributed by atoms with van der Waals surface area (Å²) >= 11 is 0. The molecule has 1 fully saturated rings. The quantitative estimate of drug-likeness (QED) is 0.894. The van der Waals surface area contributed by atoms with Gasteiger partial charge in [0.25, 0.3) is 5.91 Å². The van der Waals surface area contributed by atoms with Crippen molar-refractivity contribution in [3.8, 4) is 0 Å². The molecule has 3 nitrogen and oxygen atoms in total. The molecule has 0 bridgehead atoms. The first-order chi connectivity index (χ1) is 8.74. The number of hydrogen-bond donors (Lipinski definition) is 1. The van der Waals surface area contributed by atoms with Crippen molar-refractivity contribution in [2.24, 2.45) is 0 Å². The van der Waals surface area contributed by atoms with Crippen LogP contribution in [0.25, 0.3) is 0 Å². The van der Waals surface area contributed by atoms with E-state index in [9.17, 15) is 9.18 Å². The summed E-state index contributed by atoms with van der Waals surface area (Å²) in [5.74, 6) is -0.426. The number of carbonyl (C=O) groups is 1. The van der Waals surface area contributed by atoms with Gasteiger partial charge in [0.2, 0.25) is 0 Å². The number of anilines is 1. The van der Waals surface area contributed by atoms with E-state index in [-0.39, 0.29) is 11.7 Å². The van der Waals surface area contributed by atoms with E-state index in [1.807, 2.05) is 11.8 Å². The predicted octanol–water partition coefficient (Wildman–Crippen LogP) is 2.88. The predicted molar refractivity (Wildman–Crippen MR) is 70.3 cm³/mol. The lowest BCUT2D eigenvalue weighted by atomic mass is 10.1. The fraction of sp³-hybridized carbons (Fsp3) is 0.500. The average molecular weight is 250 g/mol. The Bertz CT molecular complexity index is 428. The number of halogens is 1. The fourth-order valence-corrected chi connectivity index (χ4v) is 2.33. The van der Waals surface area contributed by atoms with Gasteiger partial charge in [-0.25, -0.2) is 4.39 Å². The maximum atomic E-state index is 13.7. The molecule has 0 aromatic heterocycles. The fourth-order valence-electron chi connectivity index (χ4n) is 2.33. The second-order valence-electron chi connectivity index (χ2n) is 4.55. The Balaban J connectivity index is 2.25. The molecule has 98 valence electrons. The number of nitrogens with zero attached hydrogens (tertiary/aromatic N) is 1. The number of piperidine rings is 1. The summed E-state index contributed by atoms with van der Waals surface area (Å²) in [7, 11) is 0. The van der Waals surface area contributed by atoms with Crippen molar-refractivity contribution >= 4 is 11.6 Å². The molecule has 1 heterocycles. The van der Waals surface area contributed by atoms with Crippen LogP contribution in [0.15, 0.2) is 18.2 Å². The molecule has 1 N–H and O–H groups in total. The lowest BCUT2D eigenvalue weighted by molar-refractivity contribution is 0.0725. The molecule has 0 radical (unpaired) electrons. The first kappa shape index (κ1) is 12.9. The van der Waals surface area contributed by atoms with E-state index < -0.39 is 0 Å². The molecule has 1 aliphatic heterocycles. The zero-order valence-electron chi connectivity index (χ0n) is 10.7. The Hall–Kier alpha value is -1.58. The van der Waals surface area contributed by atoms with E-state index in [0.717, 1.165) is 25.9 Å². The molecule has 0 aliphatic carbocycles. The third kappa shape index (κ3) is 2.63. The number of carbonyl (C=O) groups excluding carboxylic acids is 1. The number of benzene rings is 1. The molecule has 0 unspecified atom stereocenters. The van der Waals surface area contributed by atoms with Crippen molar-refractivity contribution in [2.75, 3.05) is 25.0 Å². The first-order valence-corrected chi connectivity index (χ1v) is 6.55. The number of nitrogens with one attached hydrogen (secondary N) is 1. The number of likely N-dealkylation sites (tertiary alicyclic amines) is 1. The zero-order chi connectivity index (χ0) is 13.0. The highest BCUT2D eigenvalue weighted by Gasteiger charge is 2.21. The van der Waals surface area contributed by atoms with Crippen LogP contribution in [0.1, 0.15) is 36.5 Å². The van der Waals surface area contributed by atoms with Gasteiger partial charge >= 0.3 is 0 Å². The van der Waals surface area contributed by atoms with Crippen LogP contribution in [0.4, 0.5) is 10.1 Å². The van der Waals surface area contributed by atoms with E-state index in [1.165, 1.54) is 12.5 Å². The maximum Gasteiger partial charge on any atom is 0.256 e. The number of hydrogen-bond acceptors (Lipinski definition) is 2. The van der Waals surface area contributed by atoms with Gasteiger partial charge in [-0.3, -0.25) is 4.79 Å². The van der Waals surface area contributed by atoms with Gasteiger partial charge in [-0.2, -0.15) is 0 Å². The summed E-state index contributed by atoms with van der Waals surface area (Å²) in [4.78, 5) is 14.2. The molecule has 4 heteroatoms. The van der Waals surface area contributed by atoms with E-state index in [0.29, 0.717) is 17.8 Å². The molecule has 0 spiro atoms. The smallest absolute Gasteiger partial charge is 0.256 e. The van der Waals surface area contributed by atoms with Crippen LogP contribution in [0.3, 0.4) is 0 Å². The van der Waals surface area contributed by atoms with Gasteiger partial charge in [0.05, 0.1) is 11.3 Å². The van der Waals surface area contributed by atoms with Gasteiger partial charge in [0.1, 0.15) is 5.82 Å². The minimum Gasteiger partial charge on any atom is -0.382 e. The second-order valence-corrected chi connectivity index (χ2v) is 4.55. The summed E-state index contributed by atoms with van der Waals surface area (Å²) in [6.07, 6.45) is 3.25. The van der Waals surface area contributed by atoms with E-state index in [4.69, 9.17) is 0 Å². The lowest BCUT2D eigenvalue weighted by Crippen LogP contribution is -2.36. The number of para-hydroxylation sites is 1. The Morgan fingerprint density at radius 2 is 2.06 bits per heavy atom. The largest absolute Gasteiger partial charge is 0.382 e. The molecule has 1 saturated heterocycles. The van der Waals surface area contributed by atoms with Crippen LogP contribution >= 0.6 is 0 Å². The molecule has 0 saturated carbocycles. The summed E-state index contributed by atoms with van der Waals surface area (Å²) in [5, 5.41) is 2.94. The molecule has 1 aliphatic rings. The van der Waals surface area contributed by atoms with Gasteiger partial charge in [-0.15, -0.1) is 0 Å². The molecule has 1 amide bonds. The standard InChI is InChI=1S/C14H19FN2O/c1-2-16-13-11(7-6-8-12(13)15)14(18)17-9-4-3-5-10-17/h6-8,16H,2-5,9-10H2,1H3. The third-order valence-corrected chi connectivity index (χ3v) is 3.24. The topological polar surface area (TPSA) is 32.3 Å². The molecular weight excluding hydrogens is 231 g/mol. The summed E-state index contributed by atoms with van der Waals surface area (Å²) in [6.45, 7) is 4.05. The number of rotatable bonds is 3. The van der Waals surface area contributed by atoms with Gasteiger partial charge in [-0.05, 0) is 38.3 Å².